The zero-order chi connectivity index (χ0) is 14.9. The molecule has 0 spiro atoms. The van der Waals surface area contributed by atoms with Gasteiger partial charge in [0, 0.05) is 7.05 Å². The van der Waals surface area contributed by atoms with E-state index in [1.54, 1.807) is 13.1 Å². The maximum absolute atomic E-state index is 12.5. The minimum Gasteiger partial charge on any atom is -0.369 e. The first-order valence-electron chi connectivity index (χ1n) is 6.71. The van der Waals surface area contributed by atoms with Crippen LogP contribution in [0.1, 0.15) is 24.5 Å². The molecule has 0 fully saturated rings. The molecule has 0 aromatic heterocycles. The number of rotatable bonds is 3. The lowest BCUT2D eigenvalue weighted by atomic mass is 9.76. The maximum Gasteiger partial charge on any atom is 0.235 e. The van der Waals surface area contributed by atoms with Crippen molar-refractivity contribution in [2.45, 2.75) is 25.8 Å². The number of carbonyl (C=O) groups is 1. The number of carbonyl (C=O) groups excluding carboxylic acids is 1. The van der Waals surface area contributed by atoms with Crippen LogP contribution < -0.4 is 5.73 Å². The number of nitrogens with two attached hydrogens (primary N) is 1. The van der Waals surface area contributed by atoms with E-state index in [9.17, 15) is 4.79 Å². The molecule has 1 aromatic carbocycles. The van der Waals surface area contributed by atoms with E-state index in [0.717, 1.165) is 11.1 Å². The summed E-state index contributed by atoms with van der Waals surface area (Å²) in [4.78, 5) is 18.5. The smallest absolute Gasteiger partial charge is 0.235 e. The molecule has 0 aliphatic carbocycles. The Kier molecular flexibility index (Phi) is 3.66. The van der Waals surface area contributed by atoms with Crippen LogP contribution in [0.25, 0.3) is 0 Å². The minimum atomic E-state index is -0.645. The molecule has 2 atom stereocenters. The van der Waals surface area contributed by atoms with Crippen molar-refractivity contribution in [1.82, 2.24) is 4.90 Å². The second-order valence-corrected chi connectivity index (χ2v) is 5.46. The number of aryl methyl sites for hydroxylation is 1. The van der Waals surface area contributed by atoms with Crippen LogP contribution in [-0.2, 0) is 10.3 Å². The molecule has 1 amide bonds. The van der Waals surface area contributed by atoms with E-state index in [1.165, 1.54) is 4.90 Å². The number of guanidine groups is 1. The van der Waals surface area contributed by atoms with Crippen LogP contribution in [0.4, 0.5) is 0 Å². The molecule has 1 aromatic rings. The van der Waals surface area contributed by atoms with Gasteiger partial charge >= 0.3 is 0 Å². The summed E-state index contributed by atoms with van der Waals surface area (Å²) in [7, 11) is 1.66. The van der Waals surface area contributed by atoms with Gasteiger partial charge in [-0.15, -0.1) is 6.58 Å². The highest BCUT2D eigenvalue weighted by Gasteiger charge is 2.45. The second-order valence-electron chi connectivity index (χ2n) is 5.46. The largest absolute Gasteiger partial charge is 0.369 e. The monoisotopic (exact) mass is 271 g/mol. The Morgan fingerprint density at radius 2 is 2.25 bits per heavy atom. The molecule has 2 rings (SSSR count). The van der Waals surface area contributed by atoms with Crippen LogP contribution >= 0.6 is 0 Å². The zero-order valence-electron chi connectivity index (χ0n) is 12.3. The second kappa shape index (κ2) is 5.12. The molecule has 106 valence electrons. The standard InChI is InChI=1S/C16H21N3O/c1-5-7-13-14(20)19(4)15(17)18-16(13,3)12-9-6-8-11(2)10-12/h5-6,8-10,13H,1,7H2,2-4H3,(H2,17,18). The molecule has 0 radical (unpaired) electrons. The number of nitrogens with zero attached hydrogens (tertiary/aromatic N) is 2. The highest BCUT2D eigenvalue weighted by molar-refractivity contribution is 6.00. The van der Waals surface area contributed by atoms with Crippen molar-refractivity contribution >= 4 is 11.9 Å². The quantitative estimate of drug-likeness (QED) is 0.857. The molecular weight excluding hydrogens is 250 g/mol. The van der Waals surface area contributed by atoms with Crippen molar-refractivity contribution in [3.05, 3.63) is 48.0 Å². The van der Waals surface area contributed by atoms with Crippen molar-refractivity contribution in [2.75, 3.05) is 7.05 Å². The third kappa shape index (κ3) is 2.22. The average Bonchev–Trinajstić information content (AvgIpc) is 2.41. The summed E-state index contributed by atoms with van der Waals surface area (Å²) in [6, 6.07) is 8.07. The molecular formula is C16H21N3O. The Bertz CT molecular complexity index is 579. The molecule has 1 aliphatic rings. The van der Waals surface area contributed by atoms with Gasteiger partial charge in [-0.25, -0.2) is 4.99 Å². The fraction of sp³-hybridized carbons (Fsp3) is 0.375. The van der Waals surface area contributed by atoms with Crippen LogP contribution in [0.5, 0.6) is 0 Å². The first-order chi connectivity index (χ1) is 9.40. The van der Waals surface area contributed by atoms with E-state index < -0.39 is 5.54 Å². The van der Waals surface area contributed by atoms with Crippen molar-refractivity contribution < 1.29 is 4.79 Å². The van der Waals surface area contributed by atoms with Gasteiger partial charge < -0.3 is 5.73 Å². The van der Waals surface area contributed by atoms with Crippen molar-refractivity contribution in [3.63, 3.8) is 0 Å². The number of hydrogen-bond acceptors (Lipinski definition) is 3. The molecule has 20 heavy (non-hydrogen) atoms. The molecule has 2 N–H and O–H groups in total. The molecule has 4 heteroatoms. The van der Waals surface area contributed by atoms with E-state index in [4.69, 9.17) is 5.73 Å². The Balaban J connectivity index is 2.59. The van der Waals surface area contributed by atoms with Gasteiger partial charge in [0.25, 0.3) is 0 Å². The summed E-state index contributed by atoms with van der Waals surface area (Å²) < 4.78 is 0. The maximum atomic E-state index is 12.5. The Morgan fingerprint density at radius 1 is 1.55 bits per heavy atom. The normalized spacial score (nSPS) is 26.4. The lowest BCUT2D eigenvalue weighted by molar-refractivity contribution is -0.133. The van der Waals surface area contributed by atoms with Crippen LogP contribution in [0.3, 0.4) is 0 Å². The number of hydrogen-bond donors (Lipinski definition) is 1. The molecule has 1 aliphatic heterocycles. The summed E-state index contributed by atoms with van der Waals surface area (Å²) in [6.07, 6.45) is 2.34. The van der Waals surface area contributed by atoms with Gasteiger partial charge in [0.1, 0.15) is 0 Å². The molecule has 0 saturated heterocycles. The fourth-order valence-corrected chi connectivity index (χ4v) is 2.70. The van der Waals surface area contributed by atoms with E-state index in [0.29, 0.717) is 6.42 Å². The zero-order valence-corrected chi connectivity index (χ0v) is 12.3. The third-order valence-corrected chi connectivity index (χ3v) is 4.00. The molecule has 2 unspecified atom stereocenters. The highest BCUT2D eigenvalue weighted by Crippen LogP contribution is 2.39. The summed E-state index contributed by atoms with van der Waals surface area (Å²) in [6.45, 7) is 7.75. The van der Waals surface area contributed by atoms with Crippen LogP contribution in [0.15, 0.2) is 41.9 Å². The van der Waals surface area contributed by atoms with Crippen molar-refractivity contribution in [2.24, 2.45) is 16.6 Å². The SMILES string of the molecule is C=CCC1C(=O)N(C)C(N)=NC1(C)c1cccc(C)c1. The number of allylic oxidation sites excluding steroid dienone is 1. The van der Waals surface area contributed by atoms with Gasteiger partial charge in [-0.1, -0.05) is 35.9 Å². The summed E-state index contributed by atoms with van der Waals surface area (Å²) >= 11 is 0. The molecule has 0 saturated carbocycles. The van der Waals surface area contributed by atoms with Gasteiger partial charge in [-0.2, -0.15) is 0 Å². The first kappa shape index (κ1) is 14.3. The van der Waals surface area contributed by atoms with Gasteiger partial charge in [0.05, 0.1) is 11.5 Å². The fourth-order valence-electron chi connectivity index (χ4n) is 2.70. The van der Waals surface area contributed by atoms with Gasteiger partial charge in [0.15, 0.2) is 5.96 Å². The first-order valence-corrected chi connectivity index (χ1v) is 6.71. The predicted octanol–water partition coefficient (Wildman–Crippen LogP) is 2.19. The van der Waals surface area contributed by atoms with E-state index in [2.05, 4.69) is 17.6 Å². The minimum absolute atomic E-state index is 0.0126. The highest BCUT2D eigenvalue weighted by atomic mass is 16.2. The van der Waals surface area contributed by atoms with Crippen LogP contribution in [0, 0.1) is 12.8 Å². The average molecular weight is 271 g/mol. The summed E-state index contributed by atoms with van der Waals surface area (Å²) in [5.74, 6) is -0.0279. The lowest BCUT2D eigenvalue weighted by Crippen LogP contribution is -2.53. The van der Waals surface area contributed by atoms with Gasteiger partial charge in [-0.05, 0) is 25.8 Å². The Morgan fingerprint density at radius 3 is 2.85 bits per heavy atom. The lowest BCUT2D eigenvalue weighted by Gasteiger charge is -2.40. The number of amides is 1. The van der Waals surface area contributed by atoms with Gasteiger partial charge in [-0.3, -0.25) is 9.69 Å². The topological polar surface area (TPSA) is 58.7 Å². The van der Waals surface area contributed by atoms with Crippen LogP contribution in [0.2, 0.25) is 0 Å². The Hall–Kier alpha value is -2.10. The molecule has 1 heterocycles. The van der Waals surface area contributed by atoms with Crippen molar-refractivity contribution in [3.8, 4) is 0 Å². The van der Waals surface area contributed by atoms with Gasteiger partial charge in [0.2, 0.25) is 5.91 Å². The number of benzene rings is 1. The van der Waals surface area contributed by atoms with Crippen LogP contribution in [-0.4, -0.2) is 23.8 Å². The third-order valence-electron chi connectivity index (χ3n) is 4.00. The van der Waals surface area contributed by atoms with E-state index in [-0.39, 0.29) is 17.8 Å². The molecule has 0 bridgehead atoms. The summed E-state index contributed by atoms with van der Waals surface area (Å²) in [5.41, 5.74) is 7.41. The van der Waals surface area contributed by atoms with Crippen molar-refractivity contribution in [1.29, 1.82) is 0 Å². The Labute approximate surface area is 120 Å². The summed E-state index contributed by atoms with van der Waals surface area (Å²) in [5, 5.41) is 0. The number of aliphatic imine (C=N–C) groups is 1. The van der Waals surface area contributed by atoms with E-state index in [1.807, 2.05) is 32.0 Å². The predicted molar refractivity (Wildman–Crippen MR) is 81.2 cm³/mol. The molecule has 4 nitrogen and oxygen atoms in total. The van der Waals surface area contributed by atoms with E-state index >= 15 is 0 Å².